The van der Waals surface area contributed by atoms with Crippen LogP contribution in [0.25, 0.3) is 0 Å². The summed E-state index contributed by atoms with van der Waals surface area (Å²) in [7, 11) is 0. The predicted molar refractivity (Wildman–Crippen MR) is 103 cm³/mol. The summed E-state index contributed by atoms with van der Waals surface area (Å²) in [6.07, 6.45) is 3.04. The fourth-order valence-electron chi connectivity index (χ4n) is 3.04. The molecule has 0 aromatic rings. The maximum Gasteiger partial charge on any atom is 0.0614 e. The largest absolute Gasteiger partial charge is 0.374 e. The smallest absolute Gasteiger partial charge is 0.0614 e. The Morgan fingerprint density at radius 2 is 0.913 bits per heavy atom. The summed E-state index contributed by atoms with van der Waals surface area (Å²) in [5.41, 5.74) is 0. The lowest BCUT2D eigenvalue weighted by Crippen LogP contribution is -2.36. The third-order valence-electron chi connectivity index (χ3n) is 5.09. The normalized spacial score (nSPS) is 15.1. The molecule has 2 unspecified atom stereocenters. The minimum Gasteiger partial charge on any atom is -0.374 e. The van der Waals surface area contributed by atoms with Crippen molar-refractivity contribution in [2.75, 3.05) is 39.3 Å². The van der Waals surface area contributed by atoms with Crippen LogP contribution in [0, 0.1) is 11.8 Å². The van der Waals surface area contributed by atoms with Crippen molar-refractivity contribution in [2.45, 2.75) is 80.4 Å². The SMILES string of the molecule is CCN(CC)CCC(OC(CCN(CC)CC)C(C)C)C(C)C. The third kappa shape index (κ3) is 9.69. The molecule has 3 nitrogen and oxygen atoms in total. The van der Waals surface area contributed by atoms with Gasteiger partial charge in [0, 0.05) is 13.1 Å². The molecule has 0 bridgehead atoms. The fourth-order valence-corrected chi connectivity index (χ4v) is 3.04. The van der Waals surface area contributed by atoms with Crippen molar-refractivity contribution in [3.63, 3.8) is 0 Å². The first kappa shape index (κ1) is 22.9. The minimum absolute atomic E-state index is 0.375. The molecule has 0 rings (SSSR count). The van der Waals surface area contributed by atoms with Crippen molar-refractivity contribution in [3.05, 3.63) is 0 Å². The van der Waals surface area contributed by atoms with Gasteiger partial charge in [-0.2, -0.15) is 0 Å². The minimum atomic E-state index is 0.375. The molecule has 0 amide bonds. The van der Waals surface area contributed by atoms with E-state index in [4.69, 9.17) is 4.74 Å². The van der Waals surface area contributed by atoms with E-state index < -0.39 is 0 Å². The molecule has 0 saturated heterocycles. The van der Waals surface area contributed by atoms with Crippen molar-refractivity contribution in [3.8, 4) is 0 Å². The molecule has 23 heavy (non-hydrogen) atoms. The summed E-state index contributed by atoms with van der Waals surface area (Å²) < 4.78 is 6.60. The second-order valence-electron chi connectivity index (χ2n) is 7.33. The predicted octanol–water partition coefficient (Wildman–Crippen LogP) is 4.52. The van der Waals surface area contributed by atoms with Crippen LogP contribution in [0.4, 0.5) is 0 Å². The van der Waals surface area contributed by atoms with Crippen LogP contribution in [0.15, 0.2) is 0 Å². The molecule has 2 atom stereocenters. The highest BCUT2D eigenvalue weighted by Gasteiger charge is 2.23. The fraction of sp³-hybridized carbons (Fsp3) is 1.00. The van der Waals surface area contributed by atoms with Gasteiger partial charge in [0.2, 0.25) is 0 Å². The number of hydrogen-bond donors (Lipinski definition) is 0. The van der Waals surface area contributed by atoms with Gasteiger partial charge < -0.3 is 14.5 Å². The zero-order valence-corrected chi connectivity index (χ0v) is 17.3. The van der Waals surface area contributed by atoms with Gasteiger partial charge in [0.05, 0.1) is 12.2 Å². The summed E-state index contributed by atoms with van der Waals surface area (Å²) in [6.45, 7) is 25.0. The van der Waals surface area contributed by atoms with E-state index in [1.165, 1.54) is 0 Å². The second kappa shape index (κ2) is 13.2. The Kier molecular flexibility index (Phi) is 13.1. The Balaban J connectivity index is 4.57. The van der Waals surface area contributed by atoms with Gasteiger partial charge in [0.15, 0.2) is 0 Å². The van der Waals surface area contributed by atoms with Crippen molar-refractivity contribution in [1.82, 2.24) is 9.80 Å². The van der Waals surface area contributed by atoms with Gasteiger partial charge in [0.1, 0.15) is 0 Å². The van der Waals surface area contributed by atoms with Crippen LogP contribution in [0.1, 0.15) is 68.2 Å². The maximum atomic E-state index is 6.60. The molecule has 0 radical (unpaired) electrons. The Morgan fingerprint density at radius 3 is 1.13 bits per heavy atom. The van der Waals surface area contributed by atoms with Crippen molar-refractivity contribution in [1.29, 1.82) is 0 Å². The van der Waals surface area contributed by atoms with Gasteiger partial charge in [-0.3, -0.25) is 0 Å². The molecular formula is C20H44N2O. The topological polar surface area (TPSA) is 15.7 Å². The van der Waals surface area contributed by atoms with Crippen LogP contribution >= 0.6 is 0 Å². The molecule has 0 aliphatic carbocycles. The Bertz CT molecular complexity index is 234. The molecule has 0 heterocycles. The summed E-state index contributed by atoms with van der Waals surface area (Å²) in [5.74, 6) is 1.17. The van der Waals surface area contributed by atoms with E-state index in [1.807, 2.05) is 0 Å². The van der Waals surface area contributed by atoms with E-state index in [0.717, 1.165) is 52.1 Å². The lowest BCUT2D eigenvalue weighted by Gasteiger charge is -2.32. The van der Waals surface area contributed by atoms with Crippen LogP contribution in [0.5, 0.6) is 0 Å². The number of ether oxygens (including phenoxy) is 1. The lowest BCUT2D eigenvalue weighted by molar-refractivity contribution is -0.0685. The van der Waals surface area contributed by atoms with Crippen LogP contribution in [0.2, 0.25) is 0 Å². The van der Waals surface area contributed by atoms with Gasteiger partial charge in [-0.15, -0.1) is 0 Å². The van der Waals surface area contributed by atoms with Gasteiger partial charge in [-0.25, -0.2) is 0 Å². The van der Waals surface area contributed by atoms with Crippen molar-refractivity contribution < 1.29 is 4.74 Å². The summed E-state index contributed by atoms with van der Waals surface area (Å²) in [5, 5.41) is 0. The van der Waals surface area contributed by atoms with E-state index in [0.29, 0.717) is 24.0 Å². The van der Waals surface area contributed by atoms with Gasteiger partial charge >= 0.3 is 0 Å². The molecule has 3 heteroatoms. The molecule has 0 aliphatic heterocycles. The van der Waals surface area contributed by atoms with Crippen molar-refractivity contribution >= 4 is 0 Å². The first-order chi connectivity index (χ1) is 10.9. The van der Waals surface area contributed by atoms with Crippen LogP contribution < -0.4 is 0 Å². The molecule has 0 N–H and O–H groups in total. The van der Waals surface area contributed by atoms with E-state index in [9.17, 15) is 0 Å². The summed E-state index contributed by atoms with van der Waals surface area (Å²) in [4.78, 5) is 5.00. The number of hydrogen-bond acceptors (Lipinski definition) is 3. The molecule has 0 aromatic heterocycles. The molecule has 140 valence electrons. The Hall–Kier alpha value is -0.120. The van der Waals surface area contributed by atoms with E-state index in [2.05, 4.69) is 65.2 Å². The number of nitrogens with zero attached hydrogens (tertiary/aromatic N) is 2. The summed E-state index contributed by atoms with van der Waals surface area (Å²) in [6, 6.07) is 0. The maximum absolute atomic E-state index is 6.60. The zero-order valence-electron chi connectivity index (χ0n) is 17.3. The molecule has 0 saturated carbocycles. The quantitative estimate of drug-likeness (QED) is 0.466. The van der Waals surface area contributed by atoms with Gasteiger partial charge in [0.25, 0.3) is 0 Å². The molecule has 0 aromatic carbocycles. The highest BCUT2D eigenvalue weighted by atomic mass is 16.5. The van der Waals surface area contributed by atoms with E-state index in [1.54, 1.807) is 0 Å². The summed E-state index contributed by atoms with van der Waals surface area (Å²) >= 11 is 0. The Labute approximate surface area is 146 Å². The van der Waals surface area contributed by atoms with E-state index >= 15 is 0 Å². The second-order valence-corrected chi connectivity index (χ2v) is 7.33. The van der Waals surface area contributed by atoms with Gasteiger partial charge in [-0.05, 0) is 50.9 Å². The van der Waals surface area contributed by atoms with Crippen LogP contribution in [-0.2, 0) is 4.74 Å². The average Bonchev–Trinajstić information content (AvgIpc) is 2.52. The van der Waals surface area contributed by atoms with Gasteiger partial charge in [-0.1, -0.05) is 55.4 Å². The molecular weight excluding hydrogens is 284 g/mol. The molecule has 0 fully saturated rings. The van der Waals surface area contributed by atoms with E-state index in [-0.39, 0.29) is 0 Å². The molecule has 0 aliphatic rings. The Morgan fingerprint density at radius 1 is 0.609 bits per heavy atom. The zero-order chi connectivity index (χ0) is 17.8. The average molecular weight is 329 g/mol. The monoisotopic (exact) mass is 328 g/mol. The van der Waals surface area contributed by atoms with Crippen LogP contribution in [-0.4, -0.2) is 61.3 Å². The first-order valence-electron chi connectivity index (χ1n) is 9.99. The highest BCUT2D eigenvalue weighted by Crippen LogP contribution is 2.20. The lowest BCUT2D eigenvalue weighted by atomic mass is 10.00. The third-order valence-corrected chi connectivity index (χ3v) is 5.09. The van der Waals surface area contributed by atoms with Crippen molar-refractivity contribution in [2.24, 2.45) is 11.8 Å². The number of rotatable bonds is 14. The highest BCUT2D eigenvalue weighted by molar-refractivity contribution is 4.72. The molecule has 0 spiro atoms. The standard InChI is InChI=1S/C20H44N2O/c1-9-21(10-2)15-13-19(17(5)6)23-20(18(7)8)14-16-22(11-3)12-4/h17-20H,9-16H2,1-8H3. The first-order valence-corrected chi connectivity index (χ1v) is 9.99. The van der Waals surface area contributed by atoms with Crippen LogP contribution in [0.3, 0.4) is 0 Å².